The highest BCUT2D eigenvalue weighted by molar-refractivity contribution is 6.35. The van der Waals surface area contributed by atoms with Gasteiger partial charge in [0.2, 0.25) is 0 Å². The fraction of sp³-hybridized carbons (Fsp3) is 0.333. The van der Waals surface area contributed by atoms with Crippen molar-refractivity contribution in [3.05, 3.63) is 57.6 Å². The number of methoxy groups -OCH3 is 1. The van der Waals surface area contributed by atoms with Gasteiger partial charge in [-0.3, -0.25) is 0 Å². The Morgan fingerprint density at radius 3 is 2.50 bits per heavy atom. The molecule has 6 heteroatoms. The Morgan fingerprint density at radius 2 is 1.83 bits per heavy atom. The third-order valence-corrected chi connectivity index (χ3v) is 4.03. The molecule has 24 heavy (non-hydrogen) atoms. The van der Waals surface area contributed by atoms with E-state index >= 15 is 0 Å². The van der Waals surface area contributed by atoms with Crippen molar-refractivity contribution in [1.82, 2.24) is 5.32 Å². The van der Waals surface area contributed by atoms with Crippen molar-refractivity contribution in [1.29, 1.82) is 0 Å². The van der Waals surface area contributed by atoms with Crippen LogP contribution in [0.25, 0.3) is 0 Å². The molecule has 0 radical (unpaired) electrons. The van der Waals surface area contributed by atoms with Gasteiger partial charge >= 0.3 is 0 Å². The van der Waals surface area contributed by atoms with Crippen molar-refractivity contribution >= 4 is 35.6 Å². The SMILES string of the molecule is CCOc1ccc(CNCCc2ccc(Cl)cc2Cl)cc1OC.Cl. The summed E-state index contributed by atoms with van der Waals surface area (Å²) >= 11 is 12.1. The Hall–Kier alpha value is -1.13. The quantitative estimate of drug-likeness (QED) is 0.632. The van der Waals surface area contributed by atoms with Gasteiger partial charge in [0.25, 0.3) is 0 Å². The number of ether oxygens (including phenoxy) is 2. The summed E-state index contributed by atoms with van der Waals surface area (Å²) in [5.74, 6) is 1.53. The first-order valence-corrected chi connectivity index (χ1v) is 8.34. The highest BCUT2D eigenvalue weighted by Crippen LogP contribution is 2.28. The molecule has 0 unspecified atom stereocenters. The van der Waals surface area contributed by atoms with Crippen LogP contribution in [-0.2, 0) is 13.0 Å². The molecule has 1 N–H and O–H groups in total. The van der Waals surface area contributed by atoms with Gasteiger partial charge in [-0.2, -0.15) is 0 Å². The molecule has 0 amide bonds. The molecule has 2 aromatic rings. The highest BCUT2D eigenvalue weighted by atomic mass is 35.5. The molecule has 0 spiro atoms. The molecule has 0 aliphatic carbocycles. The van der Waals surface area contributed by atoms with E-state index in [4.69, 9.17) is 32.7 Å². The monoisotopic (exact) mass is 389 g/mol. The van der Waals surface area contributed by atoms with Gasteiger partial charge in [0.15, 0.2) is 11.5 Å². The second-order valence-electron chi connectivity index (χ2n) is 5.08. The number of hydrogen-bond donors (Lipinski definition) is 1. The van der Waals surface area contributed by atoms with Gasteiger partial charge in [-0.1, -0.05) is 35.3 Å². The Bertz CT molecular complexity index is 650. The summed E-state index contributed by atoms with van der Waals surface area (Å²) in [6, 6.07) is 11.6. The molecule has 0 aliphatic heterocycles. The van der Waals surface area contributed by atoms with Gasteiger partial charge in [0.1, 0.15) is 0 Å². The summed E-state index contributed by atoms with van der Waals surface area (Å²) in [5.41, 5.74) is 2.24. The molecule has 0 aromatic heterocycles. The number of hydrogen-bond acceptors (Lipinski definition) is 3. The molecular formula is C18H22Cl3NO2. The summed E-state index contributed by atoms with van der Waals surface area (Å²) in [6.07, 6.45) is 0.851. The van der Waals surface area contributed by atoms with E-state index in [0.29, 0.717) is 16.7 Å². The molecular weight excluding hydrogens is 369 g/mol. The average molecular weight is 391 g/mol. The molecule has 0 aliphatic rings. The van der Waals surface area contributed by atoms with Crippen LogP contribution in [0.2, 0.25) is 10.0 Å². The first-order chi connectivity index (χ1) is 11.1. The van der Waals surface area contributed by atoms with Crippen molar-refractivity contribution in [3.63, 3.8) is 0 Å². The largest absolute Gasteiger partial charge is 0.493 e. The Balaban J connectivity index is 0.00000288. The van der Waals surface area contributed by atoms with Crippen LogP contribution in [0.5, 0.6) is 11.5 Å². The van der Waals surface area contributed by atoms with E-state index in [9.17, 15) is 0 Å². The van der Waals surface area contributed by atoms with E-state index in [0.717, 1.165) is 42.1 Å². The van der Waals surface area contributed by atoms with Crippen LogP contribution in [0.3, 0.4) is 0 Å². The van der Waals surface area contributed by atoms with E-state index in [1.165, 1.54) is 0 Å². The first kappa shape index (κ1) is 20.9. The molecule has 0 fully saturated rings. The van der Waals surface area contributed by atoms with Crippen LogP contribution in [0.4, 0.5) is 0 Å². The normalized spacial score (nSPS) is 10.2. The zero-order valence-electron chi connectivity index (χ0n) is 13.8. The maximum absolute atomic E-state index is 6.17. The molecule has 0 atom stereocenters. The van der Waals surface area contributed by atoms with Gasteiger partial charge in [-0.05, 0) is 55.3 Å². The Morgan fingerprint density at radius 1 is 1.04 bits per heavy atom. The summed E-state index contributed by atoms with van der Waals surface area (Å²) in [7, 11) is 1.65. The number of benzene rings is 2. The summed E-state index contributed by atoms with van der Waals surface area (Å²) in [4.78, 5) is 0. The van der Waals surface area contributed by atoms with Gasteiger partial charge < -0.3 is 14.8 Å². The number of nitrogens with one attached hydrogen (secondary N) is 1. The van der Waals surface area contributed by atoms with Gasteiger partial charge in [0.05, 0.1) is 13.7 Å². The van der Waals surface area contributed by atoms with E-state index in [1.807, 2.05) is 37.3 Å². The van der Waals surface area contributed by atoms with Gasteiger partial charge in [-0.15, -0.1) is 12.4 Å². The lowest BCUT2D eigenvalue weighted by atomic mass is 10.1. The van der Waals surface area contributed by atoms with Crippen LogP contribution in [0, 0.1) is 0 Å². The maximum Gasteiger partial charge on any atom is 0.161 e. The molecule has 0 saturated heterocycles. The second-order valence-corrected chi connectivity index (χ2v) is 5.92. The molecule has 0 bridgehead atoms. The second kappa shape index (κ2) is 10.7. The fourth-order valence-electron chi connectivity index (χ4n) is 2.28. The summed E-state index contributed by atoms with van der Waals surface area (Å²) in [6.45, 7) is 4.16. The molecule has 132 valence electrons. The van der Waals surface area contributed by atoms with Crippen molar-refractivity contribution in [3.8, 4) is 11.5 Å². The van der Waals surface area contributed by atoms with Crippen molar-refractivity contribution in [2.75, 3.05) is 20.3 Å². The lowest BCUT2D eigenvalue weighted by Crippen LogP contribution is -2.16. The van der Waals surface area contributed by atoms with E-state index in [1.54, 1.807) is 13.2 Å². The Labute approximate surface area is 159 Å². The number of rotatable bonds is 8. The van der Waals surface area contributed by atoms with Gasteiger partial charge in [0, 0.05) is 16.6 Å². The van der Waals surface area contributed by atoms with Crippen LogP contribution in [-0.4, -0.2) is 20.3 Å². The van der Waals surface area contributed by atoms with E-state index < -0.39 is 0 Å². The van der Waals surface area contributed by atoms with Crippen LogP contribution in [0.1, 0.15) is 18.1 Å². The maximum atomic E-state index is 6.17. The summed E-state index contributed by atoms with van der Waals surface area (Å²) in [5, 5.41) is 4.78. The third-order valence-electron chi connectivity index (χ3n) is 3.44. The lowest BCUT2D eigenvalue weighted by molar-refractivity contribution is 0.310. The zero-order chi connectivity index (χ0) is 16.7. The van der Waals surface area contributed by atoms with Gasteiger partial charge in [-0.25, -0.2) is 0 Å². The van der Waals surface area contributed by atoms with Crippen molar-refractivity contribution in [2.24, 2.45) is 0 Å². The smallest absolute Gasteiger partial charge is 0.161 e. The third kappa shape index (κ3) is 6.06. The predicted molar refractivity (Wildman–Crippen MR) is 103 cm³/mol. The van der Waals surface area contributed by atoms with E-state index in [-0.39, 0.29) is 12.4 Å². The molecule has 2 rings (SSSR count). The molecule has 0 saturated carbocycles. The minimum Gasteiger partial charge on any atom is -0.493 e. The zero-order valence-corrected chi connectivity index (χ0v) is 16.1. The minimum absolute atomic E-state index is 0. The fourth-order valence-corrected chi connectivity index (χ4v) is 2.78. The molecule has 3 nitrogen and oxygen atoms in total. The average Bonchev–Trinajstić information content (AvgIpc) is 2.54. The van der Waals surface area contributed by atoms with Crippen molar-refractivity contribution < 1.29 is 9.47 Å². The Kier molecular flexibility index (Phi) is 9.30. The standard InChI is InChI=1S/C18H21Cl2NO2.ClH/c1-3-23-17-7-4-13(10-18(17)22-2)12-21-9-8-14-5-6-15(19)11-16(14)20;/h4-7,10-11,21H,3,8-9,12H2,1-2H3;1H. The van der Waals surface area contributed by atoms with E-state index in [2.05, 4.69) is 5.32 Å². The first-order valence-electron chi connectivity index (χ1n) is 7.58. The summed E-state index contributed by atoms with van der Waals surface area (Å²) < 4.78 is 10.9. The van der Waals surface area contributed by atoms with Crippen LogP contribution >= 0.6 is 35.6 Å². The highest BCUT2D eigenvalue weighted by Gasteiger charge is 2.05. The molecule has 2 aromatic carbocycles. The molecule has 0 heterocycles. The lowest BCUT2D eigenvalue weighted by Gasteiger charge is -2.12. The van der Waals surface area contributed by atoms with Crippen LogP contribution < -0.4 is 14.8 Å². The topological polar surface area (TPSA) is 30.5 Å². The number of halogens is 3. The minimum atomic E-state index is 0. The van der Waals surface area contributed by atoms with Crippen LogP contribution in [0.15, 0.2) is 36.4 Å². The van der Waals surface area contributed by atoms with Crippen molar-refractivity contribution in [2.45, 2.75) is 19.9 Å². The predicted octanol–water partition coefficient (Wildman–Crippen LogP) is 5.15.